The number of nitrogen functional groups attached to an aromatic ring is 1. The number of aromatic nitrogens is 1. The zero-order valence-corrected chi connectivity index (χ0v) is 13.0. The number of amides is 1. The zero-order chi connectivity index (χ0) is 15.1. The first kappa shape index (κ1) is 15.7. The lowest BCUT2D eigenvalue weighted by molar-refractivity contribution is -0.116. The van der Waals surface area contributed by atoms with Gasteiger partial charge in [-0.15, -0.1) is 11.8 Å². The van der Waals surface area contributed by atoms with Crippen molar-refractivity contribution in [1.82, 2.24) is 4.98 Å². The van der Waals surface area contributed by atoms with Crippen LogP contribution in [0.25, 0.3) is 0 Å². The standard InChI is InChI=1S/C15H16ClN3OS/c16-13-3-1-9-18-15(13)21-10-2-4-14(20)19-12-7-5-11(17)6-8-12/h1,3,5-9H,2,4,10,17H2,(H,19,20). The zero-order valence-electron chi connectivity index (χ0n) is 11.4. The summed E-state index contributed by atoms with van der Waals surface area (Å²) in [4.78, 5) is 16.0. The van der Waals surface area contributed by atoms with E-state index in [0.717, 1.165) is 22.9 Å². The molecule has 0 saturated carbocycles. The number of thioether (sulfide) groups is 1. The van der Waals surface area contributed by atoms with Crippen molar-refractivity contribution < 1.29 is 4.79 Å². The van der Waals surface area contributed by atoms with E-state index >= 15 is 0 Å². The first-order valence-electron chi connectivity index (χ1n) is 6.54. The van der Waals surface area contributed by atoms with Crippen LogP contribution in [0.4, 0.5) is 11.4 Å². The summed E-state index contributed by atoms with van der Waals surface area (Å²) in [6.45, 7) is 0. The van der Waals surface area contributed by atoms with E-state index in [0.29, 0.717) is 17.1 Å². The number of pyridine rings is 1. The first-order valence-corrected chi connectivity index (χ1v) is 7.90. The van der Waals surface area contributed by atoms with E-state index in [1.54, 1.807) is 48.3 Å². The summed E-state index contributed by atoms with van der Waals surface area (Å²) in [5.41, 5.74) is 7.03. The molecule has 0 spiro atoms. The predicted octanol–water partition coefficient (Wildman–Crippen LogP) is 3.83. The van der Waals surface area contributed by atoms with Crippen LogP contribution in [0.2, 0.25) is 5.02 Å². The Bertz CT molecular complexity index is 604. The maximum atomic E-state index is 11.8. The Labute approximate surface area is 133 Å². The van der Waals surface area contributed by atoms with E-state index in [9.17, 15) is 4.79 Å². The number of nitrogens with one attached hydrogen (secondary N) is 1. The Morgan fingerprint density at radius 2 is 2.05 bits per heavy atom. The quantitative estimate of drug-likeness (QED) is 0.482. The Hall–Kier alpha value is -1.72. The van der Waals surface area contributed by atoms with Gasteiger partial charge >= 0.3 is 0 Å². The number of anilines is 2. The predicted molar refractivity (Wildman–Crippen MR) is 88.7 cm³/mol. The van der Waals surface area contributed by atoms with Gasteiger partial charge in [-0.25, -0.2) is 4.98 Å². The lowest BCUT2D eigenvalue weighted by Gasteiger charge is -2.06. The van der Waals surface area contributed by atoms with Crippen molar-refractivity contribution in [3.05, 3.63) is 47.6 Å². The van der Waals surface area contributed by atoms with Crippen molar-refractivity contribution >= 4 is 40.6 Å². The van der Waals surface area contributed by atoms with Gasteiger partial charge in [0.25, 0.3) is 0 Å². The topological polar surface area (TPSA) is 68.0 Å². The van der Waals surface area contributed by atoms with Crippen molar-refractivity contribution in [3.8, 4) is 0 Å². The molecular formula is C15H16ClN3OS. The molecule has 4 nitrogen and oxygen atoms in total. The summed E-state index contributed by atoms with van der Waals surface area (Å²) in [6.07, 6.45) is 2.93. The number of hydrogen-bond acceptors (Lipinski definition) is 4. The largest absolute Gasteiger partial charge is 0.399 e. The highest BCUT2D eigenvalue weighted by Crippen LogP contribution is 2.24. The maximum Gasteiger partial charge on any atom is 0.224 e. The molecule has 0 bridgehead atoms. The third kappa shape index (κ3) is 5.28. The molecule has 0 unspecified atom stereocenters. The monoisotopic (exact) mass is 321 g/mol. The molecule has 0 radical (unpaired) electrons. The van der Waals surface area contributed by atoms with Gasteiger partial charge in [0, 0.05) is 29.7 Å². The summed E-state index contributed by atoms with van der Waals surface area (Å²) >= 11 is 7.57. The van der Waals surface area contributed by atoms with Crippen molar-refractivity contribution in [2.45, 2.75) is 17.9 Å². The minimum Gasteiger partial charge on any atom is -0.399 e. The van der Waals surface area contributed by atoms with Gasteiger partial charge in [-0.05, 0) is 42.8 Å². The van der Waals surface area contributed by atoms with Crippen molar-refractivity contribution in [3.63, 3.8) is 0 Å². The van der Waals surface area contributed by atoms with Crippen LogP contribution in [0.3, 0.4) is 0 Å². The van der Waals surface area contributed by atoms with Gasteiger partial charge in [-0.3, -0.25) is 4.79 Å². The Morgan fingerprint density at radius 3 is 2.76 bits per heavy atom. The molecule has 2 aromatic rings. The molecule has 6 heteroatoms. The molecule has 110 valence electrons. The highest BCUT2D eigenvalue weighted by molar-refractivity contribution is 7.99. The van der Waals surface area contributed by atoms with Crippen molar-refractivity contribution in [2.24, 2.45) is 0 Å². The van der Waals surface area contributed by atoms with E-state index in [1.807, 2.05) is 6.07 Å². The van der Waals surface area contributed by atoms with Crippen LogP contribution >= 0.6 is 23.4 Å². The van der Waals surface area contributed by atoms with Gasteiger partial charge < -0.3 is 11.1 Å². The fourth-order valence-corrected chi connectivity index (χ4v) is 2.78. The molecule has 1 heterocycles. The van der Waals surface area contributed by atoms with Crippen LogP contribution in [-0.2, 0) is 4.79 Å². The molecule has 0 saturated heterocycles. The molecule has 2 rings (SSSR count). The van der Waals surface area contributed by atoms with Crippen molar-refractivity contribution in [1.29, 1.82) is 0 Å². The third-order valence-electron chi connectivity index (χ3n) is 2.71. The molecule has 21 heavy (non-hydrogen) atoms. The van der Waals surface area contributed by atoms with Gasteiger partial charge in [-0.2, -0.15) is 0 Å². The van der Waals surface area contributed by atoms with Crippen LogP contribution in [0.1, 0.15) is 12.8 Å². The lowest BCUT2D eigenvalue weighted by Crippen LogP contribution is -2.11. The molecule has 1 aromatic carbocycles. The maximum absolute atomic E-state index is 11.8. The van der Waals surface area contributed by atoms with Crippen LogP contribution in [0, 0.1) is 0 Å². The van der Waals surface area contributed by atoms with Gasteiger partial charge in [0.1, 0.15) is 5.03 Å². The number of carbonyl (C=O) groups excluding carboxylic acids is 1. The number of hydrogen-bond donors (Lipinski definition) is 2. The highest BCUT2D eigenvalue weighted by atomic mass is 35.5. The average molecular weight is 322 g/mol. The number of carbonyl (C=O) groups is 1. The van der Waals surface area contributed by atoms with Crippen molar-refractivity contribution in [2.75, 3.05) is 16.8 Å². The number of benzene rings is 1. The smallest absolute Gasteiger partial charge is 0.224 e. The summed E-state index contributed by atoms with van der Waals surface area (Å²) in [6, 6.07) is 10.7. The second-order valence-electron chi connectivity index (χ2n) is 4.41. The molecule has 1 aromatic heterocycles. The number of halogens is 1. The molecule has 0 atom stereocenters. The Morgan fingerprint density at radius 1 is 1.29 bits per heavy atom. The molecule has 0 aliphatic rings. The molecular weight excluding hydrogens is 306 g/mol. The SMILES string of the molecule is Nc1ccc(NC(=O)CCCSc2ncccc2Cl)cc1. The Balaban J connectivity index is 1.70. The normalized spacial score (nSPS) is 10.3. The van der Waals surface area contributed by atoms with E-state index in [2.05, 4.69) is 10.3 Å². The molecule has 0 aliphatic carbocycles. The van der Waals surface area contributed by atoms with E-state index < -0.39 is 0 Å². The minimum atomic E-state index is -0.00695. The molecule has 1 amide bonds. The van der Waals surface area contributed by atoms with Crippen LogP contribution in [0.15, 0.2) is 47.6 Å². The number of nitrogens with two attached hydrogens (primary N) is 1. The number of rotatable bonds is 6. The molecule has 3 N–H and O–H groups in total. The summed E-state index contributed by atoms with van der Waals surface area (Å²) in [5, 5.41) is 4.28. The second-order valence-corrected chi connectivity index (χ2v) is 5.90. The van der Waals surface area contributed by atoms with Gasteiger partial charge in [0.15, 0.2) is 0 Å². The third-order valence-corrected chi connectivity index (χ3v) is 4.21. The summed E-state index contributed by atoms with van der Waals surface area (Å²) < 4.78 is 0. The van der Waals surface area contributed by atoms with Gasteiger partial charge in [0.05, 0.1) is 5.02 Å². The van der Waals surface area contributed by atoms with Crippen LogP contribution < -0.4 is 11.1 Å². The van der Waals surface area contributed by atoms with Crippen LogP contribution in [0.5, 0.6) is 0 Å². The molecule has 0 aliphatic heterocycles. The first-order chi connectivity index (χ1) is 10.1. The average Bonchev–Trinajstić information content (AvgIpc) is 2.48. The fraction of sp³-hybridized carbons (Fsp3) is 0.200. The van der Waals surface area contributed by atoms with E-state index in [-0.39, 0.29) is 5.91 Å². The number of nitrogens with zero attached hydrogens (tertiary/aromatic N) is 1. The second kappa shape index (κ2) is 7.90. The van der Waals surface area contributed by atoms with Gasteiger partial charge in [0.2, 0.25) is 5.91 Å². The van der Waals surface area contributed by atoms with E-state index in [1.165, 1.54) is 0 Å². The highest BCUT2D eigenvalue weighted by Gasteiger charge is 2.04. The minimum absolute atomic E-state index is 0.00695. The fourth-order valence-electron chi connectivity index (χ4n) is 1.67. The van der Waals surface area contributed by atoms with Gasteiger partial charge in [-0.1, -0.05) is 11.6 Å². The molecule has 0 fully saturated rings. The van der Waals surface area contributed by atoms with Crippen LogP contribution in [-0.4, -0.2) is 16.6 Å². The summed E-state index contributed by atoms with van der Waals surface area (Å²) in [5.74, 6) is 0.791. The summed E-state index contributed by atoms with van der Waals surface area (Å²) in [7, 11) is 0. The Kier molecular flexibility index (Phi) is 5.90. The van der Waals surface area contributed by atoms with E-state index in [4.69, 9.17) is 17.3 Å². The lowest BCUT2D eigenvalue weighted by atomic mass is 10.2.